The van der Waals surface area contributed by atoms with Gasteiger partial charge in [0.25, 0.3) is 0 Å². The number of rotatable bonds is 0. The van der Waals surface area contributed by atoms with Crippen molar-refractivity contribution in [2.45, 2.75) is 52.6 Å². The average Bonchev–Trinajstić information content (AvgIpc) is 2.05. The lowest BCUT2D eigenvalue weighted by Crippen LogP contribution is -2.33. The molecule has 0 saturated carbocycles. The molecule has 10 heavy (non-hydrogen) atoms. The molecular weight excluding hydrogens is 122 g/mol. The molecule has 0 bridgehead atoms. The molecule has 1 fully saturated rings. The highest BCUT2D eigenvalue weighted by atomic mass is 15.3. The quantitative estimate of drug-likeness (QED) is 0.513. The molecule has 1 atom stereocenters. The molecule has 1 heterocycles. The molecular formula is C9H19N. The number of hydrogen-bond acceptors (Lipinski definition) is 1. The van der Waals surface area contributed by atoms with E-state index in [0.717, 1.165) is 0 Å². The van der Waals surface area contributed by atoms with Crippen LogP contribution in [0, 0.1) is 5.41 Å². The standard InChI is InChI=1S/C9H19N/c1-7(2,3)9(6)8(4,5)10-9/h10H,1-6H3. The first-order chi connectivity index (χ1) is 4.21. The second kappa shape index (κ2) is 1.58. The summed E-state index contributed by atoms with van der Waals surface area (Å²) in [6.07, 6.45) is 0. The lowest BCUT2D eigenvalue weighted by Gasteiger charge is -2.28. The van der Waals surface area contributed by atoms with E-state index >= 15 is 0 Å². The fourth-order valence-electron chi connectivity index (χ4n) is 1.72. The van der Waals surface area contributed by atoms with Gasteiger partial charge in [0.15, 0.2) is 0 Å². The molecule has 1 saturated heterocycles. The topological polar surface area (TPSA) is 21.9 Å². The Bertz CT molecular complexity index is 153. The van der Waals surface area contributed by atoms with Gasteiger partial charge in [0, 0.05) is 11.1 Å². The zero-order valence-electron chi connectivity index (χ0n) is 8.00. The minimum Gasteiger partial charge on any atom is -0.302 e. The summed E-state index contributed by atoms with van der Waals surface area (Å²) in [4.78, 5) is 0. The lowest BCUT2D eigenvalue weighted by atomic mass is 9.75. The van der Waals surface area contributed by atoms with Crippen molar-refractivity contribution < 1.29 is 0 Å². The highest BCUT2D eigenvalue weighted by Crippen LogP contribution is 2.49. The van der Waals surface area contributed by atoms with E-state index in [9.17, 15) is 0 Å². The van der Waals surface area contributed by atoms with Crippen LogP contribution < -0.4 is 5.32 Å². The molecule has 0 aromatic rings. The van der Waals surface area contributed by atoms with E-state index < -0.39 is 0 Å². The van der Waals surface area contributed by atoms with Crippen molar-refractivity contribution in [2.75, 3.05) is 0 Å². The molecule has 1 rings (SSSR count). The predicted molar refractivity (Wildman–Crippen MR) is 45.1 cm³/mol. The minimum atomic E-state index is 0.333. The molecule has 1 N–H and O–H groups in total. The van der Waals surface area contributed by atoms with Crippen molar-refractivity contribution in [3.63, 3.8) is 0 Å². The van der Waals surface area contributed by atoms with E-state index in [1.807, 2.05) is 0 Å². The Morgan fingerprint density at radius 3 is 1.30 bits per heavy atom. The molecule has 60 valence electrons. The molecule has 0 radical (unpaired) electrons. The van der Waals surface area contributed by atoms with Gasteiger partial charge < -0.3 is 5.32 Å². The molecule has 1 aliphatic rings. The molecule has 1 heteroatoms. The van der Waals surface area contributed by atoms with Crippen LogP contribution in [0.15, 0.2) is 0 Å². The Kier molecular flexibility index (Phi) is 1.27. The Morgan fingerprint density at radius 2 is 1.30 bits per heavy atom. The maximum absolute atomic E-state index is 3.52. The van der Waals surface area contributed by atoms with Gasteiger partial charge >= 0.3 is 0 Å². The Hall–Kier alpha value is -0.0400. The van der Waals surface area contributed by atoms with Crippen LogP contribution in [0.5, 0.6) is 0 Å². The van der Waals surface area contributed by atoms with Gasteiger partial charge in [-0.2, -0.15) is 0 Å². The van der Waals surface area contributed by atoms with Gasteiger partial charge in [0.1, 0.15) is 0 Å². The first-order valence-corrected chi connectivity index (χ1v) is 4.00. The summed E-state index contributed by atoms with van der Waals surface area (Å²) in [6, 6.07) is 0. The van der Waals surface area contributed by atoms with Gasteiger partial charge in [0.2, 0.25) is 0 Å². The number of nitrogens with one attached hydrogen (secondary N) is 1. The van der Waals surface area contributed by atoms with Crippen LogP contribution in [0.3, 0.4) is 0 Å². The van der Waals surface area contributed by atoms with Crippen LogP contribution in [0.25, 0.3) is 0 Å². The van der Waals surface area contributed by atoms with Crippen LogP contribution in [0.2, 0.25) is 0 Å². The second-order valence-corrected chi connectivity index (χ2v) is 5.12. The van der Waals surface area contributed by atoms with E-state index in [1.54, 1.807) is 0 Å². The molecule has 1 unspecified atom stereocenters. The third-order valence-electron chi connectivity index (χ3n) is 3.25. The Morgan fingerprint density at radius 1 is 1.00 bits per heavy atom. The van der Waals surface area contributed by atoms with Gasteiger partial charge in [-0.15, -0.1) is 0 Å². The van der Waals surface area contributed by atoms with Crippen LogP contribution >= 0.6 is 0 Å². The Balaban J connectivity index is 2.78. The zero-order chi connectivity index (χ0) is 8.21. The van der Waals surface area contributed by atoms with E-state index in [-0.39, 0.29) is 0 Å². The summed E-state index contributed by atoms with van der Waals surface area (Å²) < 4.78 is 0. The largest absolute Gasteiger partial charge is 0.302 e. The SMILES string of the molecule is CC(C)(C)C1(C)NC1(C)C. The summed E-state index contributed by atoms with van der Waals surface area (Å²) in [5.41, 5.74) is 1.04. The maximum atomic E-state index is 3.52. The normalized spacial score (nSPS) is 37.8. The van der Waals surface area contributed by atoms with Crippen LogP contribution in [0.1, 0.15) is 41.5 Å². The van der Waals surface area contributed by atoms with Crippen molar-refractivity contribution in [3.8, 4) is 0 Å². The zero-order valence-corrected chi connectivity index (χ0v) is 8.00. The smallest absolute Gasteiger partial charge is 0.0384 e. The van der Waals surface area contributed by atoms with Crippen LogP contribution in [-0.4, -0.2) is 11.1 Å². The van der Waals surface area contributed by atoms with Crippen LogP contribution in [0.4, 0.5) is 0 Å². The predicted octanol–water partition coefficient (Wildman–Crippen LogP) is 2.17. The molecule has 0 spiro atoms. The van der Waals surface area contributed by atoms with Crippen molar-refractivity contribution in [1.82, 2.24) is 5.32 Å². The lowest BCUT2D eigenvalue weighted by molar-refractivity contribution is 0.284. The van der Waals surface area contributed by atoms with Crippen molar-refractivity contribution >= 4 is 0 Å². The van der Waals surface area contributed by atoms with Gasteiger partial charge in [-0.1, -0.05) is 20.8 Å². The van der Waals surface area contributed by atoms with Crippen molar-refractivity contribution in [3.05, 3.63) is 0 Å². The van der Waals surface area contributed by atoms with Gasteiger partial charge in [0.05, 0.1) is 0 Å². The molecule has 0 aliphatic carbocycles. The highest BCUT2D eigenvalue weighted by Gasteiger charge is 2.62. The van der Waals surface area contributed by atoms with Crippen LogP contribution in [-0.2, 0) is 0 Å². The molecule has 0 amide bonds. The molecule has 1 nitrogen and oxygen atoms in total. The second-order valence-electron chi connectivity index (χ2n) is 5.12. The monoisotopic (exact) mass is 141 g/mol. The number of hydrogen-bond donors (Lipinski definition) is 1. The summed E-state index contributed by atoms with van der Waals surface area (Å²) in [7, 11) is 0. The first-order valence-electron chi connectivity index (χ1n) is 4.00. The fourth-order valence-corrected chi connectivity index (χ4v) is 1.72. The van der Waals surface area contributed by atoms with Crippen molar-refractivity contribution in [2.24, 2.45) is 5.41 Å². The summed E-state index contributed by atoms with van der Waals surface area (Å²) in [5.74, 6) is 0. The maximum Gasteiger partial charge on any atom is 0.0384 e. The average molecular weight is 141 g/mol. The van der Waals surface area contributed by atoms with E-state index in [2.05, 4.69) is 46.9 Å². The molecule has 0 aromatic heterocycles. The van der Waals surface area contributed by atoms with E-state index in [4.69, 9.17) is 0 Å². The van der Waals surface area contributed by atoms with Crippen molar-refractivity contribution in [1.29, 1.82) is 0 Å². The third kappa shape index (κ3) is 0.800. The highest BCUT2D eigenvalue weighted by molar-refractivity contribution is 5.24. The fraction of sp³-hybridized carbons (Fsp3) is 1.00. The minimum absolute atomic E-state index is 0.333. The molecule has 1 aliphatic heterocycles. The summed E-state index contributed by atoms with van der Waals surface area (Å²) >= 11 is 0. The first kappa shape index (κ1) is 8.06. The van der Waals surface area contributed by atoms with Gasteiger partial charge in [-0.25, -0.2) is 0 Å². The Labute approximate surface area is 64.2 Å². The van der Waals surface area contributed by atoms with E-state index in [1.165, 1.54) is 0 Å². The third-order valence-corrected chi connectivity index (χ3v) is 3.25. The van der Waals surface area contributed by atoms with Gasteiger partial charge in [-0.05, 0) is 26.2 Å². The summed E-state index contributed by atoms with van der Waals surface area (Å²) in [5, 5.41) is 3.52. The summed E-state index contributed by atoms with van der Waals surface area (Å²) in [6.45, 7) is 13.7. The van der Waals surface area contributed by atoms with E-state index in [0.29, 0.717) is 16.5 Å². The van der Waals surface area contributed by atoms with Gasteiger partial charge in [-0.3, -0.25) is 0 Å². The molecule has 0 aromatic carbocycles.